The smallest absolute Gasteiger partial charge is 0.256 e. The van der Waals surface area contributed by atoms with E-state index in [1.165, 1.54) is 5.56 Å². The van der Waals surface area contributed by atoms with Gasteiger partial charge in [-0.3, -0.25) is 9.48 Å². The molecule has 3 aromatic carbocycles. The summed E-state index contributed by atoms with van der Waals surface area (Å²) in [5.74, 6) is 1.15. The van der Waals surface area contributed by atoms with Gasteiger partial charge in [0.15, 0.2) is 5.82 Å². The van der Waals surface area contributed by atoms with Crippen LogP contribution in [-0.4, -0.2) is 15.7 Å². The Kier molecular flexibility index (Phi) is 6.43. The van der Waals surface area contributed by atoms with Crippen LogP contribution in [0.5, 0.6) is 5.75 Å². The first-order chi connectivity index (χ1) is 15.2. The fourth-order valence-corrected chi connectivity index (χ4v) is 3.27. The minimum atomic E-state index is -0.195. The Morgan fingerprint density at radius 3 is 2.45 bits per heavy atom. The molecule has 0 spiro atoms. The van der Waals surface area contributed by atoms with Crippen molar-refractivity contribution in [2.45, 2.75) is 26.5 Å². The highest BCUT2D eigenvalue weighted by molar-refractivity contribution is 6.03. The van der Waals surface area contributed by atoms with Gasteiger partial charge in [-0.2, -0.15) is 5.10 Å². The molecule has 156 valence electrons. The maximum atomic E-state index is 12.7. The monoisotopic (exact) mass is 411 g/mol. The zero-order valence-electron chi connectivity index (χ0n) is 17.5. The fourth-order valence-electron chi connectivity index (χ4n) is 3.27. The van der Waals surface area contributed by atoms with E-state index in [2.05, 4.69) is 29.5 Å². The third-order valence-electron chi connectivity index (χ3n) is 5.00. The van der Waals surface area contributed by atoms with Crippen LogP contribution >= 0.6 is 0 Å². The molecule has 4 rings (SSSR count). The van der Waals surface area contributed by atoms with Crippen LogP contribution < -0.4 is 10.1 Å². The lowest BCUT2D eigenvalue weighted by molar-refractivity contribution is 0.102. The van der Waals surface area contributed by atoms with Crippen molar-refractivity contribution in [3.05, 3.63) is 113 Å². The molecule has 0 aliphatic heterocycles. The molecular weight excluding hydrogens is 386 g/mol. The Labute approximate surface area is 182 Å². The van der Waals surface area contributed by atoms with Gasteiger partial charge in [0.2, 0.25) is 0 Å². The quantitative estimate of drug-likeness (QED) is 0.427. The summed E-state index contributed by atoms with van der Waals surface area (Å²) >= 11 is 0. The number of carbonyl (C=O) groups excluding carboxylic acids is 1. The number of hydrogen-bond acceptors (Lipinski definition) is 3. The van der Waals surface area contributed by atoms with E-state index in [-0.39, 0.29) is 5.91 Å². The van der Waals surface area contributed by atoms with Crippen LogP contribution in [0.1, 0.15) is 34.0 Å². The van der Waals surface area contributed by atoms with Gasteiger partial charge in [0.1, 0.15) is 12.4 Å². The zero-order valence-corrected chi connectivity index (χ0v) is 17.5. The highest BCUT2D eigenvalue weighted by Gasteiger charge is 2.09. The fraction of sp³-hybridized carbons (Fsp3) is 0.154. The number of benzene rings is 3. The molecule has 0 saturated heterocycles. The second-order valence-electron chi connectivity index (χ2n) is 7.32. The third kappa shape index (κ3) is 5.60. The molecule has 5 nitrogen and oxygen atoms in total. The summed E-state index contributed by atoms with van der Waals surface area (Å²) in [4.78, 5) is 12.7. The summed E-state index contributed by atoms with van der Waals surface area (Å²) in [7, 11) is 0. The van der Waals surface area contributed by atoms with E-state index in [4.69, 9.17) is 4.74 Å². The van der Waals surface area contributed by atoms with E-state index in [0.29, 0.717) is 24.5 Å². The molecule has 31 heavy (non-hydrogen) atoms. The zero-order chi connectivity index (χ0) is 21.5. The van der Waals surface area contributed by atoms with Crippen molar-refractivity contribution in [1.82, 2.24) is 9.78 Å². The van der Waals surface area contributed by atoms with Crippen LogP contribution in [0.2, 0.25) is 0 Å². The van der Waals surface area contributed by atoms with Gasteiger partial charge in [-0.1, -0.05) is 61.5 Å². The van der Waals surface area contributed by atoms with Crippen LogP contribution in [0.15, 0.2) is 91.1 Å². The largest absolute Gasteiger partial charge is 0.489 e. The van der Waals surface area contributed by atoms with Crippen LogP contribution in [-0.2, 0) is 19.6 Å². The first-order valence-electron chi connectivity index (χ1n) is 10.4. The Hall–Kier alpha value is -3.86. The molecule has 0 fully saturated rings. The number of amides is 1. The first kappa shape index (κ1) is 20.4. The lowest BCUT2D eigenvalue weighted by Gasteiger charge is -2.08. The standard InChI is InChI=1S/C26H25N3O2/c1-2-20-11-13-24(14-12-20)31-19-22-9-6-10-23(17-22)26(30)27-25-15-16-29(28-25)18-21-7-4-3-5-8-21/h3-17H,2,18-19H2,1H3,(H,27,28,30). The maximum absolute atomic E-state index is 12.7. The number of carbonyl (C=O) groups is 1. The minimum Gasteiger partial charge on any atom is -0.489 e. The molecule has 1 amide bonds. The lowest BCUT2D eigenvalue weighted by atomic mass is 10.1. The Morgan fingerprint density at radius 2 is 1.68 bits per heavy atom. The molecule has 1 N–H and O–H groups in total. The van der Waals surface area contributed by atoms with Crippen LogP contribution in [0.3, 0.4) is 0 Å². The third-order valence-corrected chi connectivity index (χ3v) is 5.00. The van der Waals surface area contributed by atoms with Gasteiger partial charge < -0.3 is 10.1 Å². The predicted molar refractivity (Wildman–Crippen MR) is 122 cm³/mol. The highest BCUT2D eigenvalue weighted by atomic mass is 16.5. The molecule has 0 unspecified atom stereocenters. The van der Waals surface area contributed by atoms with Gasteiger partial charge in [0, 0.05) is 17.8 Å². The number of rotatable bonds is 8. The van der Waals surface area contributed by atoms with E-state index in [1.54, 1.807) is 16.8 Å². The van der Waals surface area contributed by atoms with Crippen molar-refractivity contribution in [1.29, 1.82) is 0 Å². The summed E-state index contributed by atoms with van der Waals surface area (Å²) in [6.45, 7) is 3.18. The maximum Gasteiger partial charge on any atom is 0.256 e. The van der Waals surface area contributed by atoms with Crippen LogP contribution in [0.25, 0.3) is 0 Å². The van der Waals surface area contributed by atoms with E-state index in [0.717, 1.165) is 23.3 Å². The number of hydrogen-bond donors (Lipinski definition) is 1. The molecule has 0 saturated carbocycles. The van der Waals surface area contributed by atoms with Crippen molar-refractivity contribution in [2.75, 3.05) is 5.32 Å². The Bertz CT molecular complexity index is 1130. The van der Waals surface area contributed by atoms with Crippen LogP contribution in [0.4, 0.5) is 5.82 Å². The van der Waals surface area contributed by atoms with Gasteiger partial charge >= 0.3 is 0 Å². The topological polar surface area (TPSA) is 56.1 Å². The van der Waals surface area contributed by atoms with Gasteiger partial charge in [-0.15, -0.1) is 0 Å². The molecule has 0 bridgehead atoms. The summed E-state index contributed by atoms with van der Waals surface area (Å²) < 4.78 is 7.66. The number of ether oxygens (including phenoxy) is 1. The molecular formula is C26H25N3O2. The predicted octanol–water partition coefficient (Wildman–Crippen LogP) is 5.33. The van der Waals surface area contributed by atoms with E-state index in [9.17, 15) is 4.79 Å². The van der Waals surface area contributed by atoms with E-state index >= 15 is 0 Å². The Balaban J connectivity index is 1.35. The number of aromatic nitrogens is 2. The number of aryl methyl sites for hydroxylation is 1. The molecule has 0 aliphatic carbocycles. The Morgan fingerprint density at radius 1 is 0.903 bits per heavy atom. The average molecular weight is 412 g/mol. The van der Waals surface area contributed by atoms with Gasteiger partial charge in [0.25, 0.3) is 5.91 Å². The van der Waals surface area contributed by atoms with E-state index < -0.39 is 0 Å². The van der Waals surface area contributed by atoms with E-state index in [1.807, 2.05) is 66.9 Å². The molecule has 1 heterocycles. The van der Waals surface area contributed by atoms with Crippen molar-refractivity contribution in [3.63, 3.8) is 0 Å². The summed E-state index contributed by atoms with van der Waals surface area (Å²) in [5, 5.41) is 7.31. The van der Waals surface area contributed by atoms with Crippen LogP contribution in [0, 0.1) is 0 Å². The number of nitrogens with one attached hydrogen (secondary N) is 1. The van der Waals surface area contributed by atoms with Gasteiger partial charge in [-0.25, -0.2) is 0 Å². The second kappa shape index (κ2) is 9.76. The normalized spacial score (nSPS) is 10.6. The summed E-state index contributed by atoms with van der Waals surface area (Å²) in [6, 6.07) is 27.4. The molecule has 0 radical (unpaired) electrons. The SMILES string of the molecule is CCc1ccc(OCc2cccc(C(=O)Nc3ccn(Cc4ccccc4)n3)c2)cc1. The number of anilines is 1. The molecule has 0 atom stereocenters. The summed E-state index contributed by atoms with van der Waals surface area (Å²) in [6.07, 6.45) is 2.86. The minimum absolute atomic E-state index is 0.195. The van der Waals surface area contributed by atoms with Gasteiger partial charge in [-0.05, 0) is 47.4 Å². The van der Waals surface area contributed by atoms with Crippen molar-refractivity contribution >= 4 is 11.7 Å². The van der Waals surface area contributed by atoms with Crippen molar-refractivity contribution in [2.24, 2.45) is 0 Å². The van der Waals surface area contributed by atoms with Crippen molar-refractivity contribution < 1.29 is 9.53 Å². The lowest BCUT2D eigenvalue weighted by Crippen LogP contribution is -2.13. The molecule has 4 aromatic rings. The molecule has 5 heteroatoms. The van der Waals surface area contributed by atoms with Gasteiger partial charge in [0.05, 0.1) is 6.54 Å². The number of nitrogens with zero attached hydrogens (tertiary/aromatic N) is 2. The molecule has 0 aliphatic rings. The summed E-state index contributed by atoms with van der Waals surface area (Å²) in [5.41, 5.74) is 3.93. The first-order valence-corrected chi connectivity index (χ1v) is 10.4. The van der Waals surface area contributed by atoms with Crippen molar-refractivity contribution in [3.8, 4) is 5.75 Å². The highest BCUT2D eigenvalue weighted by Crippen LogP contribution is 2.16. The molecule has 1 aromatic heterocycles. The average Bonchev–Trinajstić information content (AvgIpc) is 3.25. The second-order valence-corrected chi connectivity index (χ2v) is 7.32.